The second kappa shape index (κ2) is 8.52. The largest absolute Gasteiger partial charge is 0.411 e. The van der Waals surface area contributed by atoms with Crippen LogP contribution in [0.4, 0.5) is 0 Å². The lowest BCUT2D eigenvalue weighted by molar-refractivity contribution is -0.120. The lowest BCUT2D eigenvalue weighted by Crippen LogP contribution is -2.35. The number of nitrogens with one attached hydrogen (secondary N) is 1. The quantitative estimate of drug-likeness (QED) is 0.782. The van der Waals surface area contributed by atoms with Crippen LogP contribution in [-0.4, -0.2) is 27.9 Å². The number of carbonyl (C=O) groups is 1. The van der Waals surface area contributed by atoms with Gasteiger partial charge in [-0.25, -0.2) is 0 Å². The van der Waals surface area contributed by atoms with Crippen molar-refractivity contribution in [1.82, 2.24) is 15.5 Å². The van der Waals surface area contributed by atoms with Gasteiger partial charge in [-0.15, -0.1) is 10.2 Å². The van der Waals surface area contributed by atoms with Gasteiger partial charge in [0.25, 0.3) is 5.22 Å². The number of aryl methyl sites for hydroxylation is 1. The maximum Gasteiger partial charge on any atom is 0.277 e. The molecule has 134 valence electrons. The molecule has 1 aromatic carbocycles. The summed E-state index contributed by atoms with van der Waals surface area (Å²) in [6.45, 7) is 4.66. The van der Waals surface area contributed by atoms with E-state index < -0.39 is 0 Å². The summed E-state index contributed by atoms with van der Waals surface area (Å²) in [5, 5.41) is 11.4. The number of rotatable bonds is 6. The monoisotopic (exact) mass is 359 g/mol. The lowest BCUT2D eigenvalue weighted by atomic mass is 9.89. The van der Waals surface area contributed by atoms with Gasteiger partial charge in [0.2, 0.25) is 11.8 Å². The Morgan fingerprint density at radius 1 is 1.28 bits per heavy atom. The Morgan fingerprint density at radius 3 is 2.80 bits per heavy atom. The highest BCUT2D eigenvalue weighted by Gasteiger charge is 2.21. The number of nitrogens with zero attached hydrogens (tertiary/aromatic N) is 2. The maximum atomic E-state index is 12.3. The highest BCUT2D eigenvalue weighted by molar-refractivity contribution is 8.00. The van der Waals surface area contributed by atoms with E-state index >= 15 is 0 Å². The van der Waals surface area contributed by atoms with Gasteiger partial charge >= 0.3 is 0 Å². The summed E-state index contributed by atoms with van der Waals surface area (Å²) in [4.78, 5) is 12.3. The normalized spacial score (nSPS) is 16.6. The number of aromatic nitrogens is 2. The number of thioether (sulfide) groups is 1. The Morgan fingerprint density at radius 2 is 2.04 bits per heavy atom. The molecule has 1 fully saturated rings. The number of hydrogen-bond acceptors (Lipinski definition) is 5. The summed E-state index contributed by atoms with van der Waals surface area (Å²) < 4.78 is 5.73. The Balaban J connectivity index is 1.53. The number of amides is 1. The van der Waals surface area contributed by atoms with E-state index in [2.05, 4.69) is 15.5 Å². The molecule has 1 amide bonds. The van der Waals surface area contributed by atoms with Gasteiger partial charge in [-0.3, -0.25) is 4.79 Å². The van der Waals surface area contributed by atoms with E-state index in [-0.39, 0.29) is 11.2 Å². The van der Waals surface area contributed by atoms with E-state index in [1.807, 2.05) is 38.1 Å². The number of benzene rings is 1. The standard InChI is InChI=1S/C19H25N3O2S/c1-13-8-6-7-11-16(13)18-21-22-19(24-18)25-14(2)17(23)20-12-15-9-4-3-5-10-15/h6-8,11,14-15H,3-5,9-10,12H2,1-2H3,(H,20,23). The summed E-state index contributed by atoms with van der Waals surface area (Å²) in [7, 11) is 0. The molecule has 1 aliphatic rings. The van der Waals surface area contributed by atoms with Crippen molar-refractivity contribution in [2.24, 2.45) is 5.92 Å². The maximum absolute atomic E-state index is 12.3. The van der Waals surface area contributed by atoms with Crippen LogP contribution in [0, 0.1) is 12.8 Å². The van der Waals surface area contributed by atoms with Crippen molar-refractivity contribution in [3.05, 3.63) is 29.8 Å². The first kappa shape index (κ1) is 18.0. The SMILES string of the molecule is Cc1ccccc1-c1nnc(SC(C)C(=O)NCC2CCCCC2)o1. The van der Waals surface area contributed by atoms with Gasteiger partial charge in [-0.2, -0.15) is 0 Å². The summed E-state index contributed by atoms with van der Waals surface area (Å²) in [6, 6.07) is 7.88. The van der Waals surface area contributed by atoms with E-state index in [4.69, 9.17) is 4.42 Å². The molecule has 1 unspecified atom stereocenters. The Labute approximate surface area is 153 Å². The molecule has 6 heteroatoms. The van der Waals surface area contributed by atoms with Crippen LogP contribution in [0.5, 0.6) is 0 Å². The minimum absolute atomic E-state index is 0.0335. The molecular weight excluding hydrogens is 334 g/mol. The van der Waals surface area contributed by atoms with Crippen molar-refractivity contribution in [1.29, 1.82) is 0 Å². The molecule has 25 heavy (non-hydrogen) atoms. The zero-order valence-electron chi connectivity index (χ0n) is 14.8. The Kier molecular flexibility index (Phi) is 6.13. The number of hydrogen-bond donors (Lipinski definition) is 1. The van der Waals surface area contributed by atoms with E-state index in [0.717, 1.165) is 17.7 Å². The third kappa shape index (κ3) is 4.84. The van der Waals surface area contributed by atoms with Gasteiger partial charge in [-0.05, 0) is 44.2 Å². The zero-order chi connectivity index (χ0) is 17.6. The molecule has 1 saturated carbocycles. The molecule has 2 aromatic rings. The van der Waals surface area contributed by atoms with Crippen LogP contribution in [0.1, 0.15) is 44.6 Å². The van der Waals surface area contributed by atoms with Crippen molar-refractivity contribution in [3.8, 4) is 11.5 Å². The average molecular weight is 359 g/mol. The summed E-state index contributed by atoms with van der Waals surface area (Å²) in [5.41, 5.74) is 2.01. The molecule has 1 atom stereocenters. The van der Waals surface area contributed by atoms with Gasteiger partial charge in [-0.1, -0.05) is 49.2 Å². The summed E-state index contributed by atoms with van der Waals surface area (Å²) in [6.07, 6.45) is 6.36. The molecule has 3 rings (SSSR count). The number of carbonyl (C=O) groups excluding carboxylic acids is 1. The fraction of sp³-hybridized carbons (Fsp3) is 0.526. The fourth-order valence-corrected chi connectivity index (χ4v) is 3.87. The first-order valence-corrected chi connectivity index (χ1v) is 9.85. The molecule has 1 heterocycles. The first-order valence-electron chi connectivity index (χ1n) is 8.97. The zero-order valence-corrected chi connectivity index (χ0v) is 15.6. The molecule has 1 aromatic heterocycles. The molecule has 0 spiro atoms. The van der Waals surface area contributed by atoms with Crippen LogP contribution >= 0.6 is 11.8 Å². The van der Waals surface area contributed by atoms with Crippen molar-refractivity contribution >= 4 is 17.7 Å². The van der Waals surface area contributed by atoms with Gasteiger partial charge in [0.15, 0.2) is 0 Å². The molecule has 0 radical (unpaired) electrons. The van der Waals surface area contributed by atoms with Crippen molar-refractivity contribution in [3.63, 3.8) is 0 Å². The first-order chi connectivity index (χ1) is 12.1. The third-order valence-electron chi connectivity index (χ3n) is 4.72. The average Bonchev–Trinajstić information content (AvgIpc) is 3.09. The predicted molar refractivity (Wildman–Crippen MR) is 99.4 cm³/mol. The van der Waals surface area contributed by atoms with Crippen LogP contribution in [-0.2, 0) is 4.79 Å². The highest BCUT2D eigenvalue weighted by atomic mass is 32.2. The second-order valence-corrected chi connectivity index (χ2v) is 7.99. The smallest absolute Gasteiger partial charge is 0.277 e. The lowest BCUT2D eigenvalue weighted by Gasteiger charge is -2.22. The molecule has 1 aliphatic carbocycles. The van der Waals surface area contributed by atoms with E-state index in [0.29, 0.717) is 17.0 Å². The molecular formula is C19H25N3O2S. The second-order valence-electron chi connectivity index (χ2n) is 6.70. The topological polar surface area (TPSA) is 68.0 Å². The van der Waals surface area contributed by atoms with Crippen LogP contribution in [0.3, 0.4) is 0 Å². The summed E-state index contributed by atoms with van der Waals surface area (Å²) >= 11 is 1.31. The molecule has 1 N–H and O–H groups in total. The third-order valence-corrected chi connectivity index (χ3v) is 5.65. The van der Waals surface area contributed by atoms with E-state index in [9.17, 15) is 4.79 Å². The van der Waals surface area contributed by atoms with Crippen molar-refractivity contribution in [2.75, 3.05) is 6.54 Å². The highest BCUT2D eigenvalue weighted by Crippen LogP contribution is 2.28. The Hall–Kier alpha value is -1.82. The minimum atomic E-state index is -0.256. The fourth-order valence-electron chi connectivity index (χ4n) is 3.16. The Bertz CT molecular complexity index is 710. The van der Waals surface area contributed by atoms with Gasteiger partial charge in [0.1, 0.15) is 0 Å². The van der Waals surface area contributed by atoms with Gasteiger partial charge < -0.3 is 9.73 Å². The molecule has 0 saturated heterocycles. The van der Waals surface area contributed by atoms with Crippen LogP contribution in [0.2, 0.25) is 0 Å². The minimum Gasteiger partial charge on any atom is -0.411 e. The van der Waals surface area contributed by atoms with Crippen LogP contribution < -0.4 is 5.32 Å². The van der Waals surface area contributed by atoms with Gasteiger partial charge in [0.05, 0.1) is 5.25 Å². The van der Waals surface area contributed by atoms with E-state index in [1.54, 1.807) is 0 Å². The van der Waals surface area contributed by atoms with E-state index in [1.165, 1.54) is 43.9 Å². The predicted octanol–water partition coefficient (Wildman–Crippen LogP) is 4.22. The van der Waals surface area contributed by atoms with Crippen LogP contribution in [0.25, 0.3) is 11.5 Å². The molecule has 5 nitrogen and oxygen atoms in total. The van der Waals surface area contributed by atoms with Gasteiger partial charge in [0, 0.05) is 12.1 Å². The molecule has 0 aliphatic heterocycles. The van der Waals surface area contributed by atoms with Crippen LogP contribution in [0.15, 0.2) is 33.9 Å². The summed E-state index contributed by atoms with van der Waals surface area (Å²) in [5.74, 6) is 1.16. The van der Waals surface area contributed by atoms with Crippen molar-refractivity contribution < 1.29 is 9.21 Å². The molecule has 0 bridgehead atoms. The van der Waals surface area contributed by atoms with Crippen molar-refractivity contribution in [2.45, 2.75) is 56.4 Å².